The van der Waals surface area contributed by atoms with Gasteiger partial charge in [-0.25, -0.2) is 0 Å². The molecule has 2 heterocycles. The number of hydrogen-bond acceptors (Lipinski definition) is 2. The highest BCUT2D eigenvalue weighted by Gasteiger charge is 2.23. The number of H-pyrrole nitrogens is 1. The van der Waals surface area contributed by atoms with Crippen LogP contribution in [0.2, 0.25) is 0 Å². The first-order valence-electron chi connectivity index (χ1n) is 6.35. The highest BCUT2D eigenvalue weighted by atomic mass is 16.2. The van der Waals surface area contributed by atoms with Crippen LogP contribution >= 0.6 is 0 Å². The molecule has 1 fully saturated rings. The topological polar surface area (TPSA) is 48.1 Å². The molecule has 1 aromatic rings. The summed E-state index contributed by atoms with van der Waals surface area (Å²) in [6.07, 6.45) is 4.78. The molecule has 17 heavy (non-hydrogen) atoms. The summed E-state index contributed by atoms with van der Waals surface area (Å²) in [4.78, 5) is 17.2. The fourth-order valence-electron chi connectivity index (χ4n) is 2.30. The summed E-state index contributed by atoms with van der Waals surface area (Å²) < 4.78 is 0. The van der Waals surface area contributed by atoms with Crippen molar-refractivity contribution in [1.82, 2.24) is 15.2 Å². The summed E-state index contributed by atoms with van der Waals surface area (Å²) in [6.45, 7) is 2.74. The molecule has 0 aromatic carbocycles. The lowest BCUT2D eigenvalue weighted by Crippen LogP contribution is -2.39. The van der Waals surface area contributed by atoms with Crippen molar-refractivity contribution in [2.45, 2.75) is 19.3 Å². The second-order valence-corrected chi connectivity index (χ2v) is 4.73. The van der Waals surface area contributed by atoms with Crippen LogP contribution < -0.4 is 5.32 Å². The zero-order valence-corrected chi connectivity index (χ0v) is 10.4. The average Bonchev–Trinajstić information content (AvgIpc) is 2.89. The number of piperidine rings is 1. The highest BCUT2D eigenvalue weighted by molar-refractivity contribution is 5.78. The predicted molar refractivity (Wildman–Crippen MR) is 67.7 cm³/mol. The predicted octanol–water partition coefficient (Wildman–Crippen LogP) is 1.02. The lowest BCUT2D eigenvalue weighted by atomic mass is 9.96. The molecule has 1 amide bonds. The van der Waals surface area contributed by atoms with E-state index in [4.69, 9.17) is 0 Å². The molecule has 1 aliphatic rings. The lowest BCUT2D eigenvalue weighted by Gasteiger charge is -2.26. The fraction of sp³-hybridized carbons (Fsp3) is 0.615. The molecular formula is C13H21N3O. The summed E-state index contributed by atoms with van der Waals surface area (Å²) >= 11 is 0. The van der Waals surface area contributed by atoms with Crippen LogP contribution in [0.4, 0.5) is 0 Å². The number of carbonyl (C=O) groups is 1. The zero-order valence-electron chi connectivity index (χ0n) is 10.4. The molecule has 0 spiro atoms. The number of nitrogens with zero attached hydrogens (tertiary/aromatic N) is 1. The van der Waals surface area contributed by atoms with Gasteiger partial charge >= 0.3 is 0 Å². The first-order chi connectivity index (χ1) is 8.27. The van der Waals surface area contributed by atoms with E-state index in [9.17, 15) is 4.79 Å². The van der Waals surface area contributed by atoms with Crippen molar-refractivity contribution in [1.29, 1.82) is 0 Å². The summed E-state index contributed by atoms with van der Waals surface area (Å²) in [5, 5.41) is 3.29. The van der Waals surface area contributed by atoms with Crippen LogP contribution in [0.1, 0.15) is 18.5 Å². The number of aromatic amines is 1. The molecule has 1 aromatic heterocycles. The van der Waals surface area contributed by atoms with Crippen LogP contribution in [0.3, 0.4) is 0 Å². The number of likely N-dealkylation sites (N-methyl/N-ethyl adjacent to an activating group) is 1. The number of aromatic nitrogens is 1. The highest BCUT2D eigenvalue weighted by Crippen LogP contribution is 2.14. The Morgan fingerprint density at radius 1 is 1.47 bits per heavy atom. The van der Waals surface area contributed by atoms with Gasteiger partial charge in [-0.15, -0.1) is 0 Å². The van der Waals surface area contributed by atoms with E-state index in [2.05, 4.69) is 16.4 Å². The number of carbonyl (C=O) groups excluding carboxylic acids is 1. The largest absolute Gasteiger partial charge is 0.365 e. The maximum Gasteiger partial charge on any atom is 0.225 e. The second-order valence-electron chi connectivity index (χ2n) is 4.73. The summed E-state index contributed by atoms with van der Waals surface area (Å²) in [6, 6.07) is 4.05. The Hall–Kier alpha value is -1.29. The smallest absolute Gasteiger partial charge is 0.225 e. The molecule has 2 N–H and O–H groups in total. The molecule has 94 valence electrons. The Morgan fingerprint density at radius 3 is 2.88 bits per heavy atom. The molecule has 1 aliphatic heterocycles. The van der Waals surface area contributed by atoms with Gasteiger partial charge in [0, 0.05) is 37.8 Å². The van der Waals surface area contributed by atoms with E-state index in [1.165, 1.54) is 5.69 Å². The normalized spacial score (nSPS) is 17.0. The van der Waals surface area contributed by atoms with Gasteiger partial charge in [0.2, 0.25) is 5.91 Å². The van der Waals surface area contributed by atoms with E-state index in [1.54, 1.807) is 0 Å². The van der Waals surface area contributed by atoms with E-state index in [-0.39, 0.29) is 5.92 Å². The molecule has 4 nitrogen and oxygen atoms in total. The summed E-state index contributed by atoms with van der Waals surface area (Å²) in [5.41, 5.74) is 1.19. The van der Waals surface area contributed by atoms with Gasteiger partial charge in [0.05, 0.1) is 0 Å². The zero-order chi connectivity index (χ0) is 12.1. The van der Waals surface area contributed by atoms with Crippen molar-refractivity contribution >= 4 is 5.91 Å². The number of hydrogen-bond donors (Lipinski definition) is 2. The number of nitrogens with one attached hydrogen (secondary N) is 2. The Kier molecular flexibility index (Phi) is 4.20. The van der Waals surface area contributed by atoms with Crippen molar-refractivity contribution in [3.63, 3.8) is 0 Å². The molecule has 4 heteroatoms. The van der Waals surface area contributed by atoms with Gasteiger partial charge < -0.3 is 15.2 Å². The standard InChI is InChI=1S/C13H21N3O/c1-16(10-6-12-3-2-7-15-12)13(17)11-4-8-14-9-5-11/h2-3,7,11,14-15H,4-6,8-10H2,1H3. The van der Waals surface area contributed by atoms with Crippen LogP contribution in [-0.2, 0) is 11.2 Å². The molecule has 0 aliphatic carbocycles. The monoisotopic (exact) mass is 235 g/mol. The van der Waals surface area contributed by atoms with Crippen molar-refractivity contribution in [2.75, 3.05) is 26.7 Å². The SMILES string of the molecule is CN(CCc1ccc[nH]1)C(=O)C1CCNCC1. The van der Waals surface area contributed by atoms with Crippen molar-refractivity contribution in [3.8, 4) is 0 Å². The second kappa shape index (κ2) is 5.87. The van der Waals surface area contributed by atoms with Gasteiger partial charge in [-0.2, -0.15) is 0 Å². The minimum Gasteiger partial charge on any atom is -0.365 e. The maximum atomic E-state index is 12.1. The van der Waals surface area contributed by atoms with E-state index in [0.717, 1.165) is 38.9 Å². The first-order valence-corrected chi connectivity index (χ1v) is 6.35. The van der Waals surface area contributed by atoms with Crippen LogP contribution in [-0.4, -0.2) is 42.5 Å². The van der Waals surface area contributed by atoms with E-state index < -0.39 is 0 Å². The maximum absolute atomic E-state index is 12.1. The molecule has 0 bridgehead atoms. The summed E-state index contributed by atoms with van der Waals surface area (Å²) in [5.74, 6) is 0.531. The lowest BCUT2D eigenvalue weighted by molar-refractivity contribution is -0.134. The van der Waals surface area contributed by atoms with Crippen LogP contribution in [0.25, 0.3) is 0 Å². The van der Waals surface area contributed by atoms with Gasteiger partial charge in [-0.3, -0.25) is 4.79 Å². The van der Waals surface area contributed by atoms with Crippen molar-refractivity contribution < 1.29 is 4.79 Å². The molecule has 0 saturated carbocycles. The van der Waals surface area contributed by atoms with E-state index in [0.29, 0.717) is 5.91 Å². The molecule has 0 radical (unpaired) electrons. The Bertz CT molecular complexity index is 342. The number of rotatable bonds is 4. The van der Waals surface area contributed by atoms with Crippen molar-refractivity contribution in [3.05, 3.63) is 24.0 Å². The molecule has 1 saturated heterocycles. The van der Waals surface area contributed by atoms with E-state index >= 15 is 0 Å². The average molecular weight is 235 g/mol. The third-order valence-corrected chi connectivity index (χ3v) is 3.44. The van der Waals surface area contributed by atoms with E-state index in [1.807, 2.05) is 24.2 Å². The fourth-order valence-corrected chi connectivity index (χ4v) is 2.30. The van der Waals surface area contributed by atoms with Gasteiger partial charge in [0.1, 0.15) is 0 Å². The van der Waals surface area contributed by atoms with Crippen LogP contribution in [0.15, 0.2) is 18.3 Å². The summed E-state index contributed by atoms with van der Waals surface area (Å²) in [7, 11) is 1.91. The Morgan fingerprint density at radius 2 is 2.24 bits per heavy atom. The Labute approximate surface area is 102 Å². The van der Waals surface area contributed by atoms with Gasteiger partial charge in [0.25, 0.3) is 0 Å². The minimum atomic E-state index is 0.227. The molecule has 0 atom stereocenters. The first kappa shape index (κ1) is 12.2. The molecule has 0 unspecified atom stereocenters. The third-order valence-electron chi connectivity index (χ3n) is 3.44. The van der Waals surface area contributed by atoms with Crippen LogP contribution in [0.5, 0.6) is 0 Å². The van der Waals surface area contributed by atoms with Crippen molar-refractivity contribution in [2.24, 2.45) is 5.92 Å². The molecule has 2 rings (SSSR count). The third kappa shape index (κ3) is 3.33. The van der Waals surface area contributed by atoms with Gasteiger partial charge in [-0.1, -0.05) is 0 Å². The van der Waals surface area contributed by atoms with Gasteiger partial charge in [0.15, 0.2) is 0 Å². The van der Waals surface area contributed by atoms with Gasteiger partial charge in [-0.05, 0) is 38.1 Å². The quantitative estimate of drug-likeness (QED) is 0.818. The minimum absolute atomic E-state index is 0.227. The molecular weight excluding hydrogens is 214 g/mol. The Balaban J connectivity index is 1.78. The van der Waals surface area contributed by atoms with Crippen LogP contribution in [0, 0.1) is 5.92 Å². The number of amides is 1.